The van der Waals surface area contributed by atoms with Crippen molar-refractivity contribution in [3.8, 4) is 5.75 Å². The number of benzene rings is 1. The Morgan fingerprint density at radius 3 is 2.71 bits per heavy atom. The predicted molar refractivity (Wildman–Crippen MR) is 116 cm³/mol. The monoisotopic (exact) mass is 423 g/mol. The molecule has 1 saturated heterocycles. The number of aromatic nitrogens is 1. The van der Waals surface area contributed by atoms with Crippen molar-refractivity contribution in [2.24, 2.45) is 11.1 Å². The summed E-state index contributed by atoms with van der Waals surface area (Å²) in [5.41, 5.74) is 8.28. The van der Waals surface area contributed by atoms with Gasteiger partial charge in [0.15, 0.2) is 0 Å². The highest BCUT2D eigenvalue weighted by molar-refractivity contribution is 5.92. The van der Waals surface area contributed by atoms with Gasteiger partial charge in [-0.1, -0.05) is 6.07 Å². The summed E-state index contributed by atoms with van der Waals surface area (Å²) in [5.74, 6) is 0.147. The Labute approximate surface area is 181 Å². The number of likely N-dealkylation sites (tertiary alicyclic amines) is 1. The number of pyridine rings is 1. The zero-order valence-corrected chi connectivity index (χ0v) is 18.0. The number of primary amides is 1. The zero-order valence-electron chi connectivity index (χ0n) is 18.0. The van der Waals surface area contributed by atoms with Gasteiger partial charge in [-0.15, -0.1) is 0 Å². The van der Waals surface area contributed by atoms with Gasteiger partial charge in [-0.3, -0.25) is 14.5 Å². The molecule has 1 fully saturated rings. The number of nitrogens with one attached hydrogen (secondary N) is 1. The molecule has 1 unspecified atom stereocenters. The molecule has 1 aromatic heterocycles. The summed E-state index contributed by atoms with van der Waals surface area (Å²) in [6.45, 7) is 0.955. The summed E-state index contributed by atoms with van der Waals surface area (Å²) in [4.78, 5) is 28.8. The van der Waals surface area contributed by atoms with Crippen LogP contribution in [0, 0.1) is 5.41 Å². The number of aliphatic hydroxyl groups is 1. The first kappa shape index (κ1) is 20.3. The van der Waals surface area contributed by atoms with E-state index in [0.717, 1.165) is 42.8 Å². The standard InChI is InChI=1S/C24H29N3O4/c1-27-13-23(7-5-14-9-17(31-2)4-3-15(14)11-23)22(27)24(30)8-6-19-16(12-24)10-18(20(25)28)21(29)26-19/h3-4,9-10,22,30H,5-8,11-13H2,1-2H3,(H2,25,28)(H,26,29)/t22-,23?,24-/m1/s1. The first-order chi connectivity index (χ1) is 14.7. The average molecular weight is 424 g/mol. The van der Waals surface area contributed by atoms with Crippen LogP contribution in [0.4, 0.5) is 0 Å². The summed E-state index contributed by atoms with van der Waals surface area (Å²) in [6, 6.07) is 7.91. The highest BCUT2D eigenvalue weighted by atomic mass is 16.5. The summed E-state index contributed by atoms with van der Waals surface area (Å²) < 4.78 is 5.38. The van der Waals surface area contributed by atoms with E-state index in [1.165, 1.54) is 11.1 Å². The van der Waals surface area contributed by atoms with E-state index in [9.17, 15) is 14.7 Å². The van der Waals surface area contributed by atoms with Gasteiger partial charge >= 0.3 is 0 Å². The van der Waals surface area contributed by atoms with E-state index in [2.05, 4.69) is 29.1 Å². The van der Waals surface area contributed by atoms with Gasteiger partial charge in [-0.05, 0) is 74.0 Å². The van der Waals surface area contributed by atoms with Gasteiger partial charge in [0.25, 0.3) is 11.5 Å². The number of carbonyl (C=O) groups is 1. The molecule has 5 rings (SSSR count). The number of aryl methyl sites for hydroxylation is 2. The van der Waals surface area contributed by atoms with Gasteiger partial charge < -0.3 is 20.6 Å². The fourth-order valence-corrected chi connectivity index (χ4v) is 6.53. The van der Waals surface area contributed by atoms with Crippen LogP contribution in [0.2, 0.25) is 0 Å². The molecule has 3 aliphatic rings. The highest BCUT2D eigenvalue weighted by Crippen LogP contribution is 2.53. The van der Waals surface area contributed by atoms with Gasteiger partial charge in [-0.2, -0.15) is 0 Å². The van der Waals surface area contributed by atoms with Crippen LogP contribution in [0.5, 0.6) is 5.75 Å². The summed E-state index contributed by atoms with van der Waals surface area (Å²) in [5, 5.41) is 11.9. The SMILES string of the molecule is COc1ccc2c(c1)CCC1(C2)CN(C)[C@H]1[C@@]1(O)CCc2[nH]c(=O)c(C(N)=O)cc2C1. The van der Waals surface area contributed by atoms with Gasteiger partial charge in [-0.25, -0.2) is 0 Å². The first-order valence-electron chi connectivity index (χ1n) is 10.9. The predicted octanol–water partition coefficient (Wildman–Crippen LogP) is 1.19. The number of aromatic amines is 1. The fraction of sp³-hybridized carbons (Fsp3) is 0.500. The average Bonchev–Trinajstić information content (AvgIpc) is 2.72. The molecule has 7 nitrogen and oxygen atoms in total. The minimum atomic E-state index is -0.920. The van der Waals surface area contributed by atoms with E-state index < -0.39 is 17.1 Å². The molecule has 0 bridgehead atoms. The van der Waals surface area contributed by atoms with Crippen molar-refractivity contribution in [3.05, 3.63) is 62.6 Å². The Hall–Kier alpha value is -2.64. The summed E-state index contributed by atoms with van der Waals surface area (Å²) in [6.07, 6.45) is 4.50. The third kappa shape index (κ3) is 3.10. The molecule has 1 aromatic carbocycles. The second-order valence-corrected chi connectivity index (χ2v) is 9.65. The Balaban J connectivity index is 1.46. The molecule has 1 aliphatic heterocycles. The summed E-state index contributed by atoms with van der Waals surface area (Å²) >= 11 is 0. The molecule has 2 heterocycles. The number of methoxy groups -OCH3 is 1. The summed E-state index contributed by atoms with van der Waals surface area (Å²) in [7, 11) is 3.77. The van der Waals surface area contributed by atoms with E-state index in [1.807, 2.05) is 6.07 Å². The lowest BCUT2D eigenvalue weighted by Crippen LogP contribution is -2.74. The number of hydrogen-bond acceptors (Lipinski definition) is 5. The lowest BCUT2D eigenvalue weighted by Gasteiger charge is -2.64. The van der Waals surface area contributed by atoms with Gasteiger partial charge in [0.05, 0.1) is 12.7 Å². The van der Waals surface area contributed by atoms with Crippen molar-refractivity contribution in [2.45, 2.75) is 50.2 Å². The topological polar surface area (TPSA) is 109 Å². The maximum atomic E-state index is 12.1. The third-order valence-corrected chi connectivity index (χ3v) is 7.73. The molecule has 1 amide bonds. The zero-order chi connectivity index (χ0) is 22.0. The Morgan fingerprint density at radius 1 is 1.19 bits per heavy atom. The van der Waals surface area contributed by atoms with Crippen LogP contribution < -0.4 is 16.0 Å². The molecular formula is C24H29N3O4. The van der Waals surface area contributed by atoms with Crippen molar-refractivity contribution in [1.82, 2.24) is 9.88 Å². The van der Waals surface area contributed by atoms with Crippen LogP contribution >= 0.6 is 0 Å². The lowest BCUT2D eigenvalue weighted by molar-refractivity contribution is -0.179. The third-order valence-electron chi connectivity index (χ3n) is 7.73. The molecule has 0 saturated carbocycles. The normalized spacial score (nSPS) is 29.7. The van der Waals surface area contributed by atoms with Crippen LogP contribution in [0.25, 0.3) is 0 Å². The second-order valence-electron chi connectivity index (χ2n) is 9.65. The van der Waals surface area contributed by atoms with Crippen molar-refractivity contribution < 1.29 is 14.6 Å². The van der Waals surface area contributed by atoms with Crippen molar-refractivity contribution in [3.63, 3.8) is 0 Å². The fourth-order valence-electron chi connectivity index (χ4n) is 6.53. The maximum Gasteiger partial charge on any atom is 0.261 e. The second kappa shape index (κ2) is 6.93. The Kier molecular flexibility index (Phi) is 4.53. The maximum absolute atomic E-state index is 12.1. The number of ether oxygens (including phenoxy) is 1. The number of nitrogens with two attached hydrogens (primary N) is 1. The Morgan fingerprint density at radius 2 is 2.00 bits per heavy atom. The molecule has 2 aromatic rings. The lowest BCUT2D eigenvalue weighted by atomic mass is 9.55. The number of nitrogens with zero attached hydrogens (tertiary/aromatic N) is 1. The first-order valence-corrected chi connectivity index (χ1v) is 10.9. The van der Waals surface area contributed by atoms with Crippen LogP contribution in [-0.4, -0.2) is 53.2 Å². The smallest absolute Gasteiger partial charge is 0.261 e. The van der Waals surface area contributed by atoms with Gasteiger partial charge in [0.2, 0.25) is 0 Å². The molecule has 2 aliphatic carbocycles. The number of fused-ring (bicyclic) bond motifs is 2. The highest BCUT2D eigenvalue weighted by Gasteiger charge is 2.60. The molecular weight excluding hydrogens is 394 g/mol. The van der Waals surface area contributed by atoms with Crippen LogP contribution in [0.15, 0.2) is 29.1 Å². The quantitative estimate of drug-likeness (QED) is 0.687. The molecule has 4 N–H and O–H groups in total. The number of H-pyrrole nitrogens is 1. The van der Waals surface area contributed by atoms with Gasteiger partial charge in [0.1, 0.15) is 11.3 Å². The Bertz CT molecular complexity index is 1130. The van der Waals surface area contributed by atoms with Crippen molar-refractivity contribution in [2.75, 3.05) is 20.7 Å². The van der Waals surface area contributed by atoms with E-state index in [1.54, 1.807) is 13.2 Å². The number of hydrogen-bond donors (Lipinski definition) is 3. The van der Waals surface area contributed by atoms with Crippen LogP contribution in [-0.2, 0) is 25.7 Å². The number of amides is 1. The van der Waals surface area contributed by atoms with Crippen molar-refractivity contribution >= 4 is 5.91 Å². The van der Waals surface area contributed by atoms with Crippen LogP contribution in [0.1, 0.15) is 45.6 Å². The number of rotatable bonds is 3. The molecule has 3 atom stereocenters. The van der Waals surface area contributed by atoms with Gasteiger partial charge in [0, 0.05) is 30.1 Å². The van der Waals surface area contributed by atoms with E-state index >= 15 is 0 Å². The van der Waals surface area contributed by atoms with Crippen LogP contribution in [0.3, 0.4) is 0 Å². The van der Waals surface area contributed by atoms with E-state index in [4.69, 9.17) is 10.5 Å². The van der Waals surface area contributed by atoms with E-state index in [0.29, 0.717) is 19.3 Å². The molecule has 1 spiro atoms. The minimum absolute atomic E-state index is 0.0207. The van der Waals surface area contributed by atoms with E-state index in [-0.39, 0.29) is 17.0 Å². The molecule has 0 radical (unpaired) electrons. The number of likely N-dealkylation sites (N-methyl/N-ethyl adjacent to an activating group) is 1. The molecule has 164 valence electrons. The molecule has 7 heteroatoms. The minimum Gasteiger partial charge on any atom is -0.497 e. The number of carbonyl (C=O) groups excluding carboxylic acids is 1. The van der Waals surface area contributed by atoms with Crippen molar-refractivity contribution in [1.29, 1.82) is 0 Å². The molecule has 31 heavy (non-hydrogen) atoms. The largest absolute Gasteiger partial charge is 0.497 e.